The maximum atomic E-state index is 9.26. The van der Waals surface area contributed by atoms with E-state index < -0.39 is 0 Å². The Hall–Kier alpha value is -1.00. The summed E-state index contributed by atoms with van der Waals surface area (Å²) >= 11 is 1.64. The van der Waals surface area contributed by atoms with E-state index >= 15 is 0 Å². The van der Waals surface area contributed by atoms with E-state index in [-0.39, 0.29) is 6.10 Å². The van der Waals surface area contributed by atoms with Gasteiger partial charge in [-0.25, -0.2) is 4.98 Å². The summed E-state index contributed by atoms with van der Waals surface area (Å²) in [6.45, 7) is 0. The van der Waals surface area contributed by atoms with Gasteiger partial charge in [-0.05, 0) is 18.9 Å². The zero-order valence-electron chi connectivity index (χ0n) is 7.55. The monoisotopic (exact) mass is 206 g/mol. The SMILES string of the molecule is OC1CC(c2nccc3scnc23)C1. The van der Waals surface area contributed by atoms with Crippen LogP contribution in [0.15, 0.2) is 17.8 Å². The van der Waals surface area contributed by atoms with Crippen LogP contribution in [0.4, 0.5) is 0 Å². The standard InChI is InChI=1S/C10H10N2OS/c13-7-3-6(4-7)9-10-8(1-2-11-9)14-5-12-10/h1-2,5-7,13H,3-4H2. The van der Waals surface area contributed by atoms with Gasteiger partial charge in [-0.3, -0.25) is 4.98 Å². The van der Waals surface area contributed by atoms with E-state index in [2.05, 4.69) is 9.97 Å². The quantitative estimate of drug-likeness (QED) is 0.775. The minimum atomic E-state index is -0.129. The van der Waals surface area contributed by atoms with Crippen LogP contribution in [0.5, 0.6) is 0 Å². The van der Waals surface area contributed by atoms with Crippen molar-refractivity contribution in [3.63, 3.8) is 0 Å². The number of pyridine rings is 1. The molecule has 1 saturated carbocycles. The third kappa shape index (κ3) is 1.14. The Labute approximate surface area is 85.4 Å². The molecule has 0 aliphatic heterocycles. The van der Waals surface area contributed by atoms with E-state index in [9.17, 15) is 5.11 Å². The number of hydrogen-bond donors (Lipinski definition) is 1. The topological polar surface area (TPSA) is 46.0 Å². The molecule has 0 amide bonds. The van der Waals surface area contributed by atoms with Gasteiger partial charge in [0.25, 0.3) is 0 Å². The Balaban J connectivity index is 2.07. The van der Waals surface area contributed by atoms with E-state index in [1.165, 1.54) is 4.70 Å². The average molecular weight is 206 g/mol. The maximum Gasteiger partial charge on any atom is 0.103 e. The molecule has 1 aliphatic rings. The maximum absolute atomic E-state index is 9.26. The van der Waals surface area contributed by atoms with Crippen molar-refractivity contribution in [2.45, 2.75) is 24.9 Å². The molecule has 0 spiro atoms. The smallest absolute Gasteiger partial charge is 0.103 e. The van der Waals surface area contributed by atoms with Crippen LogP contribution in [-0.2, 0) is 0 Å². The highest BCUT2D eigenvalue weighted by Gasteiger charge is 2.31. The number of rotatable bonds is 1. The molecule has 4 heteroatoms. The van der Waals surface area contributed by atoms with Gasteiger partial charge in [-0.15, -0.1) is 11.3 Å². The van der Waals surface area contributed by atoms with Crippen molar-refractivity contribution in [3.05, 3.63) is 23.5 Å². The zero-order valence-corrected chi connectivity index (χ0v) is 8.37. The Bertz CT molecular complexity index is 462. The first kappa shape index (κ1) is 8.32. The van der Waals surface area contributed by atoms with Gasteiger partial charge in [0.1, 0.15) is 5.52 Å². The molecule has 14 heavy (non-hydrogen) atoms. The number of nitrogens with zero attached hydrogens (tertiary/aromatic N) is 2. The van der Waals surface area contributed by atoms with Crippen molar-refractivity contribution < 1.29 is 5.11 Å². The predicted molar refractivity (Wildman–Crippen MR) is 55.4 cm³/mol. The van der Waals surface area contributed by atoms with Gasteiger partial charge in [0, 0.05) is 12.1 Å². The molecule has 0 unspecified atom stereocenters. The second-order valence-corrected chi connectivity index (χ2v) is 4.60. The largest absolute Gasteiger partial charge is 0.393 e. The highest BCUT2D eigenvalue weighted by atomic mass is 32.1. The third-order valence-electron chi connectivity index (χ3n) is 2.78. The van der Waals surface area contributed by atoms with Gasteiger partial charge in [-0.2, -0.15) is 0 Å². The van der Waals surface area contributed by atoms with Crippen LogP contribution < -0.4 is 0 Å². The molecule has 3 rings (SSSR count). The number of fused-ring (bicyclic) bond motifs is 1. The van der Waals surface area contributed by atoms with Crippen molar-refractivity contribution in [1.82, 2.24) is 9.97 Å². The molecule has 0 radical (unpaired) electrons. The first-order chi connectivity index (χ1) is 6.84. The lowest BCUT2D eigenvalue weighted by Gasteiger charge is -2.30. The van der Waals surface area contributed by atoms with Crippen LogP contribution in [0, 0.1) is 0 Å². The van der Waals surface area contributed by atoms with E-state index in [1.54, 1.807) is 11.3 Å². The van der Waals surface area contributed by atoms with Crippen LogP contribution in [-0.4, -0.2) is 21.2 Å². The van der Waals surface area contributed by atoms with Crippen molar-refractivity contribution in [1.29, 1.82) is 0 Å². The molecular weight excluding hydrogens is 196 g/mol. The number of hydrogen-bond acceptors (Lipinski definition) is 4. The summed E-state index contributed by atoms with van der Waals surface area (Å²) in [5.74, 6) is 0.413. The van der Waals surface area contributed by atoms with Gasteiger partial charge < -0.3 is 5.11 Å². The fourth-order valence-corrected chi connectivity index (χ4v) is 2.60. The normalized spacial score (nSPS) is 26.4. The molecular formula is C10H10N2OS. The molecule has 1 N–H and O–H groups in total. The van der Waals surface area contributed by atoms with Crippen LogP contribution >= 0.6 is 11.3 Å². The Morgan fingerprint density at radius 3 is 3.00 bits per heavy atom. The molecule has 0 saturated heterocycles. The second kappa shape index (κ2) is 3.00. The van der Waals surface area contributed by atoms with Crippen molar-refractivity contribution >= 4 is 21.6 Å². The molecule has 0 atom stereocenters. The number of aliphatic hydroxyl groups is 1. The van der Waals surface area contributed by atoms with E-state index in [0.717, 1.165) is 24.1 Å². The van der Waals surface area contributed by atoms with Crippen LogP contribution in [0.2, 0.25) is 0 Å². The van der Waals surface area contributed by atoms with Crippen LogP contribution in [0.3, 0.4) is 0 Å². The Morgan fingerprint density at radius 1 is 1.36 bits per heavy atom. The molecule has 2 aromatic rings. The first-order valence-electron chi connectivity index (χ1n) is 4.71. The third-order valence-corrected chi connectivity index (χ3v) is 3.57. The molecule has 0 aromatic carbocycles. The average Bonchev–Trinajstić information content (AvgIpc) is 2.60. The predicted octanol–water partition coefficient (Wildman–Crippen LogP) is 1.93. The summed E-state index contributed by atoms with van der Waals surface area (Å²) in [5.41, 5.74) is 3.94. The fourth-order valence-electron chi connectivity index (χ4n) is 1.92. The molecule has 1 fully saturated rings. The summed E-state index contributed by atoms with van der Waals surface area (Å²) in [6.07, 6.45) is 3.38. The van der Waals surface area contributed by atoms with Gasteiger partial charge >= 0.3 is 0 Å². The highest BCUT2D eigenvalue weighted by molar-refractivity contribution is 7.16. The molecule has 2 heterocycles. The Kier molecular flexibility index (Phi) is 1.78. The number of thiazole rings is 1. The lowest BCUT2D eigenvalue weighted by molar-refractivity contribution is 0.0737. The van der Waals surface area contributed by atoms with E-state index in [1.807, 2.05) is 17.8 Å². The molecule has 2 aromatic heterocycles. The summed E-state index contributed by atoms with van der Waals surface area (Å²) in [7, 11) is 0. The van der Waals surface area contributed by atoms with Gasteiger partial charge in [0.2, 0.25) is 0 Å². The highest BCUT2D eigenvalue weighted by Crippen LogP contribution is 2.38. The Morgan fingerprint density at radius 2 is 2.21 bits per heavy atom. The lowest BCUT2D eigenvalue weighted by atomic mass is 9.79. The van der Waals surface area contributed by atoms with E-state index in [4.69, 9.17) is 0 Å². The summed E-state index contributed by atoms with van der Waals surface area (Å²) in [6, 6.07) is 1.99. The number of aromatic nitrogens is 2. The first-order valence-corrected chi connectivity index (χ1v) is 5.58. The minimum absolute atomic E-state index is 0.129. The fraction of sp³-hybridized carbons (Fsp3) is 0.400. The zero-order chi connectivity index (χ0) is 9.54. The lowest BCUT2D eigenvalue weighted by Crippen LogP contribution is -2.27. The molecule has 72 valence electrons. The van der Waals surface area contributed by atoms with Crippen molar-refractivity contribution in [2.24, 2.45) is 0 Å². The minimum Gasteiger partial charge on any atom is -0.393 e. The van der Waals surface area contributed by atoms with Crippen LogP contribution in [0.25, 0.3) is 10.2 Å². The van der Waals surface area contributed by atoms with Crippen molar-refractivity contribution in [2.75, 3.05) is 0 Å². The summed E-state index contributed by atoms with van der Waals surface area (Å²) in [4.78, 5) is 8.69. The number of aliphatic hydroxyl groups excluding tert-OH is 1. The molecule has 1 aliphatic carbocycles. The van der Waals surface area contributed by atoms with Gasteiger partial charge in [0.15, 0.2) is 0 Å². The summed E-state index contributed by atoms with van der Waals surface area (Å²) in [5, 5.41) is 9.26. The summed E-state index contributed by atoms with van der Waals surface area (Å²) < 4.78 is 1.19. The second-order valence-electron chi connectivity index (χ2n) is 3.72. The van der Waals surface area contributed by atoms with Crippen LogP contribution in [0.1, 0.15) is 24.5 Å². The molecule has 0 bridgehead atoms. The van der Waals surface area contributed by atoms with Gasteiger partial charge in [-0.1, -0.05) is 0 Å². The molecule has 3 nitrogen and oxygen atoms in total. The van der Waals surface area contributed by atoms with Crippen molar-refractivity contribution in [3.8, 4) is 0 Å². The van der Waals surface area contributed by atoms with E-state index in [0.29, 0.717) is 5.92 Å². The van der Waals surface area contributed by atoms with Gasteiger partial charge in [0.05, 0.1) is 22.0 Å².